The van der Waals surface area contributed by atoms with Gasteiger partial charge in [-0.1, -0.05) is 12.1 Å². The van der Waals surface area contributed by atoms with Gasteiger partial charge in [0.2, 0.25) is 11.7 Å². The largest absolute Gasteiger partial charge is 0.493 e. The number of thioether (sulfide) groups is 1. The molecule has 0 fully saturated rings. The van der Waals surface area contributed by atoms with Crippen molar-refractivity contribution in [3.05, 3.63) is 48.0 Å². The Bertz CT molecular complexity index is 887. The SMILES string of the molecule is COc1cc(/C=C/C(=O)Nc2ccccc2SC(=O)N(C)C)cc(OC)c1OC. The number of nitrogens with zero attached hydrogens (tertiary/aromatic N) is 1. The summed E-state index contributed by atoms with van der Waals surface area (Å²) in [4.78, 5) is 26.5. The van der Waals surface area contributed by atoms with E-state index < -0.39 is 0 Å². The molecule has 0 radical (unpaired) electrons. The minimum absolute atomic E-state index is 0.125. The van der Waals surface area contributed by atoms with Crippen molar-refractivity contribution in [1.29, 1.82) is 0 Å². The van der Waals surface area contributed by atoms with E-state index in [1.54, 1.807) is 50.5 Å². The van der Waals surface area contributed by atoms with Crippen LogP contribution in [0.15, 0.2) is 47.4 Å². The number of rotatable bonds is 7. The molecule has 7 nitrogen and oxygen atoms in total. The van der Waals surface area contributed by atoms with Crippen molar-refractivity contribution < 1.29 is 23.8 Å². The van der Waals surface area contributed by atoms with Crippen LogP contribution in [0.4, 0.5) is 10.5 Å². The third kappa shape index (κ3) is 5.92. The van der Waals surface area contributed by atoms with Gasteiger partial charge in [-0.2, -0.15) is 0 Å². The Kier molecular flexibility index (Phi) is 7.97. The van der Waals surface area contributed by atoms with Crippen LogP contribution < -0.4 is 19.5 Å². The molecule has 0 aliphatic heterocycles. The highest BCUT2D eigenvalue weighted by molar-refractivity contribution is 8.13. The Morgan fingerprint density at radius 3 is 2.17 bits per heavy atom. The fourth-order valence-electron chi connectivity index (χ4n) is 2.39. The number of anilines is 1. The van der Waals surface area contributed by atoms with Crippen molar-refractivity contribution in [2.75, 3.05) is 40.7 Å². The molecule has 2 amide bonds. The predicted molar refractivity (Wildman–Crippen MR) is 115 cm³/mol. The van der Waals surface area contributed by atoms with Crippen molar-refractivity contribution in [3.63, 3.8) is 0 Å². The lowest BCUT2D eigenvalue weighted by Crippen LogP contribution is -2.16. The van der Waals surface area contributed by atoms with Crippen LogP contribution in [0.25, 0.3) is 6.08 Å². The Hall–Kier alpha value is -3.13. The molecule has 0 aromatic heterocycles. The quantitative estimate of drug-likeness (QED) is 0.540. The van der Waals surface area contributed by atoms with Crippen LogP contribution >= 0.6 is 11.8 Å². The zero-order valence-electron chi connectivity index (χ0n) is 17.0. The number of amides is 2. The van der Waals surface area contributed by atoms with Gasteiger partial charge in [-0.3, -0.25) is 9.59 Å². The number of para-hydroxylation sites is 1. The summed E-state index contributed by atoms with van der Waals surface area (Å²) in [7, 11) is 7.94. The summed E-state index contributed by atoms with van der Waals surface area (Å²) < 4.78 is 15.9. The third-order valence-corrected chi connectivity index (χ3v) is 4.94. The molecule has 0 unspecified atom stereocenters. The summed E-state index contributed by atoms with van der Waals surface area (Å²) in [6.45, 7) is 0. The van der Waals surface area contributed by atoms with Gasteiger partial charge < -0.3 is 24.4 Å². The van der Waals surface area contributed by atoms with Gasteiger partial charge in [0.25, 0.3) is 5.24 Å². The summed E-state index contributed by atoms with van der Waals surface area (Å²) in [5.74, 6) is 1.14. The molecule has 0 saturated heterocycles. The standard InChI is InChI=1S/C21H24N2O5S/c1-23(2)21(25)29-18-9-7-6-8-15(18)22-19(24)11-10-14-12-16(26-3)20(28-5)17(13-14)27-4/h6-13H,1-5H3,(H,22,24)/b11-10+. The lowest BCUT2D eigenvalue weighted by molar-refractivity contribution is -0.111. The number of carbonyl (C=O) groups excluding carboxylic acids is 2. The zero-order chi connectivity index (χ0) is 21.4. The predicted octanol–water partition coefficient (Wildman–Crippen LogP) is 4.14. The number of benzene rings is 2. The number of nitrogens with one attached hydrogen (secondary N) is 1. The molecule has 0 saturated carbocycles. The summed E-state index contributed by atoms with van der Waals surface area (Å²) in [6, 6.07) is 10.6. The molecule has 0 aliphatic rings. The Morgan fingerprint density at radius 2 is 1.62 bits per heavy atom. The molecular formula is C21H24N2O5S. The lowest BCUT2D eigenvalue weighted by Gasteiger charge is -2.13. The van der Waals surface area contributed by atoms with Crippen molar-refractivity contribution in [3.8, 4) is 17.2 Å². The number of carbonyl (C=O) groups is 2. The van der Waals surface area contributed by atoms with E-state index in [-0.39, 0.29) is 11.1 Å². The first-order chi connectivity index (χ1) is 13.9. The molecule has 0 aliphatic carbocycles. The molecule has 1 N–H and O–H groups in total. The van der Waals surface area contributed by atoms with Gasteiger partial charge in [0.05, 0.1) is 27.0 Å². The lowest BCUT2D eigenvalue weighted by atomic mass is 10.1. The number of ether oxygens (including phenoxy) is 3. The van der Waals surface area contributed by atoms with Crippen molar-refractivity contribution >= 4 is 34.7 Å². The highest BCUT2D eigenvalue weighted by Gasteiger charge is 2.13. The van der Waals surface area contributed by atoms with E-state index in [0.717, 1.165) is 11.8 Å². The van der Waals surface area contributed by atoms with E-state index in [4.69, 9.17) is 14.2 Å². The summed E-state index contributed by atoms with van der Waals surface area (Å²) in [5, 5.41) is 2.68. The second kappa shape index (κ2) is 10.4. The second-order valence-corrected chi connectivity index (χ2v) is 7.03. The van der Waals surface area contributed by atoms with E-state index in [9.17, 15) is 9.59 Å². The minimum Gasteiger partial charge on any atom is -0.493 e. The van der Waals surface area contributed by atoms with E-state index in [0.29, 0.717) is 33.4 Å². The van der Waals surface area contributed by atoms with Gasteiger partial charge >= 0.3 is 0 Å². The van der Waals surface area contributed by atoms with Crippen molar-refractivity contribution in [2.45, 2.75) is 4.90 Å². The van der Waals surface area contributed by atoms with Gasteiger partial charge in [-0.15, -0.1) is 0 Å². The smallest absolute Gasteiger partial charge is 0.286 e. The summed E-state index contributed by atoms with van der Waals surface area (Å²) in [5.41, 5.74) is 1.27. The van der Waals surface area contributed by atoms with Crippen LogP contribution in [0.5, 0.6) is 17.2 Å². The second-order valence-electron chi connectivity index (χ2n) is 6.04. The average molecular weight is 416 g/mol. The maximum absolute atomic E-state index is 12.4. The van der Waals surface area contributed by atoms with E-state index in [2.05, 4.69) is 5.32 Å². The van der Waals surface area contributed by atoms with E-state index in [1.807, 2.05) is 6.07 Å². The van der Waals surface area contributed by atoms with E-state index >= 15 is 0 Å². The van der Waals surface area contributed by atoms with Gasteiger partial charge in [0.15, 0.2) is 11.5 Å². The molecule has 2 aromatic rings. The van der Waals surface area contributed by atoms with Crippen LogP contribution in [0.2, 0.25) is 0 Å². The topological polar surface area (TPSA) is 77.1 Å². The first-order valence-electron chi connectivity index (χ1n) is 8.66. The minimum atomic E-state index is -0.330. The maximum Gasteiger partial charge on any atom is 0.286 e. The molecule has 0 bridgehead atoms. The first kappa shape index (κ1) is 22.2. The monoisotopic (exact) mass is 416 g/mol. The molecule has 29 heavy (non-hydrogen) atoms. The highest BCUT2D eigenvalue weighted by Crippen LogP contribution is 2.38. The molecule has 0 atom stereocenters. The fraction of sp³-hybridized carbons (Fsp3) is 0.238. The zero-order valence-corrected chi connectivity index (χ0v) is 17.8. The third-order valence-electron chi connectivity index (χ3n) is 3.82. The van der Waals surface area contributed by atoms with Crippen LogP contribution in [0.1, 0.15) is 5.56 Å². The van der Waals surface area contributed by atoms with Crippen LogP contribution in [-0.2, 0) is 4.79 Å². The molecule has 2 rings (SSSR count). The van der Waals surface area contributed by atoms with E-state index in [1.165, 1.54) is 32.3 Å². The van der Waals surface area contributed by atoms with Crippen LogP contribution in [0.3, 0.4) is 0 Å². The number of hydrogen-bond acceptors (Lipinski definition) is 6. The first-order valence-corrected chi connectivity index (χ1v) is 9.48. The molecule has 8 heteroatoms. The van der Waals surface area contributed by atoms with Gasteiger partial charge in [0.1, 0.15) is 0 Å². The van der Waals surface area contributed by atoms with Gasteiger partial charge in [-0.25, -0.2) is 0 Å². The molecule has 0 heterocycles. The van der Waals surface area contributed by atoms with Crippen LogP contribution in [0, 0.1) is 0 Å². The normalized spacial score (nSPS) is 10.5. The van der Waals surface area contributed by atoms with Crippen molar-refractivity contribution in [2.24, 2.45) is 0 Å². The average Bonchev–Trinajstić information content (AvgIpc) is 2.72. The number of methoxy groups -OCH3 is 3. The molecule has 154 valence electrons. The van der Waals surface area contributed by atoms with Gasteiger partial charge in [0, 0.05) is 25.1 Å². The van der Waals surface area contributed by atoms with Gasteiger partial charge in [-0.05, 0) is 47.7 Å². The summed E-state index contributed by atoms with van der Waals surface area (Å²) in [6.07, 6.45) is 3.04. The molecule has 2 aromatic carbocycles. The summed E-state index contributed by atoms with van der Waals surface area (Å²) >= 11 is 1.05. The Morgan fingerprint density at radius 1 is 1.00 bits per heavy atom. The van der Waals surface area contributed by atoms with Crippen LogP contribution in [-0.4, -0.2) is 51.5 Å². The molecular weight excluding hydrogens is 392 g/mol. The maximum atomic E-state index is 12.4. The fourth-order valence-corrected chi connectivity index (χ4v) is 3.13. The Balaban J connectivity index is 2.18. The van der Waals surface area contributed by atoms with Crippen molar-refractivity contribution in [1.82, 2.24) is 4.90 Å². The number of hydrogen-bond donors (Lipinski definition) is 1. The Labute approximate surface area is 174 Å². The highest BCUT2D eigenvalue weighted by atomic mass is 32.2. The molecule has 0 spiro atoms.